The lowest BCUT2D eigenvalue weighted by Crippen LogP contribution is -1.87. The Morgan fingerprint density at radius 2 is 1.42 bits per heavy atom. The third-order valence-electron chi connectivity index (χ3n) is 0.987. The SMILES string of the molecule is CC(Cl)(Cl)Cl.CCCCCCCl. The normalized spacial score (nSPS) is 10.5. The summed E-state index contributed by atoms with van der Waals surface area (Å²) >= 11 is 20.6. The van der Waals surface area contributed by atoms with Crippen LogP contribution >= 0.6 is 46.4 Å². The summed E-state index contributed by atoms with van der Waals surface area (Å²) in [4.78, 5) is 0. The molecular formula is C8H16Cl4. The van der Waals surface area contributed by atoms with Gasteiger partial charge in [-0.1, -0.05) is 61.0 Å². The van der Waals surface area contributed by atoms with E-state index >= 15 is 0 Å². The highest BCUT2D eigenvalue weighted by Gasteiger charge is 2.07. The predicted octanol–water partition coefficient (Wildman–Crippen LogP) is 5.18. The molecule has 0 atom stereocenters. The Labute approximate surface area is 95.5 Å². The molecule has 0 rings (SSSR count). The number of hydrogen-bond donors (Lipinski definition) is 0. The van der Waals surface area contributed by atoms with Crippen LogP contribution in [0.25, 0.3) is 0 Å². The van der Waals surface area contributed by atoms with Gasteiger partial charge in [0.2, 0.25) is 0 Å². The van der Waals surface area contributed by atoms with Crippen LogP contribution in [0.1, 0.15) is 39.5 Å². The molecule has 0 N–H and O–H groups in total. The number of unbranched alkanes of at least 4 members (excludes halogenated alkanes) is 3. The highest BCUT2D eigenvalue weighted by atomic mass is 35.6. The average Bonchev–Trinajstić information content (AvgIpc) is 1.85. The minimum absolute atomic E-state index is 0.833. The van der Waals surface area contributed by atoms with Crippen LogP contribution in [0, 0.1) is 0 Å². The summed E-state index contributed by atoms with van der Waals surface area (Å²) in [5, 5.41) is 0. The first-order chi connectivity index (χ1) is 5.41. The lowest BCUT2D eigenvalue weighted by molar-refractivity contribution is 0.705. The van der Waals surface area contributed by atoms with Gasteiger partial charge in [-0.05, 0) is 13.3 Å². The van der Waals surface area contributed by atoms with E-state index < -0.39 is 3.79 Å². The second-order valence-corrected chi connectivity index (χ2v) is 5.76. The fourth-order valence-corrected chi connectivity index (χ4v) is 0.710. The summed E-state index contributed by atoms with van der Waals surface area (Å²) in [6.45, 7) is 3.69. The van der Waals surface area contributed by atoms with Gasteiger partial charge in [-0.15, -0.1) is 11.6 Å². The van der Waals surface area contributed by atoms with Gasteiger partial charge >= 0.3 is 0 Å². The fourth-order valence-electron chi connectivity index (χ4n) is 0.521. The summed E-state index contributed by atoms with van der Waals surface area (Å²) < 4.78 is -1.08. The van der Waals surface area contributed by atoms with E-state index in [4.69, 9.17) is 46.4 Å². The van der Waals surface area contributed by atoms with Gasteiger partial charge in [0.1, 0.15) is 0 Å². The van der Waals surface area contributed by atoms with Gasteiger partial charge in [0.15, 0.2) is 3.79 Å². The molecule has 0 aliphatic heterocycles. The van der Waals surface area contributed by atoms with Crippen LogP contribution in [0.2, 0.25) is 0 Å². The molecule has 0 amide bonds. The molecule has 0 unspecified atom stereocenters. The van der Waals surface area contributed by atoms with Gasteiger partial charge in [0, 0.05) is 5.88 Å². The largest absolute Gasteiger partial charge is 0.187 e. The van der Waals surface area contributed by atoms with Crippen LogP contribution in [-0.4, -0.2) is 9.67 Å². The highest BCUT2D eigenvalue weighted by molar-refractivity contribution is 6.67. The maximum Gasteiger partial charge on any atom is 0.187 e. The molecule has 0 saturated heterocycles. The van der Waals surface area contributed by atoms with Crippen molar-refractivity contribution in [3.05, 3.63) is 0 Å². The van der Waals surface area contributed by atoms with Crippen molar-refractivity contribution in [1.82, 2.24) is 0 Å². The molecule has 0 saturated carbocycles. The molecule has 4 heteroatoms. The Balaban J connectivity index is 0. The molecule has 0 aromatic heterocycles. The van der Waals surface area contributed by atoms with Crippen molar-refractivity contribution < 1.29 is 0 Å². The molecule has 76 valence electrons. The molecule has 12 heavy (non-hydrogen) atoms. The monoisotopic (exact) mass is 252 g/mol. The van der Waals surface area contributed by atoms with E-state index in [0.717, 1.165) is 5.88 Å². The van der Waals surface area contributed by atoms with E-state index in [9.17, 15) is 0 Å². The minimum atomic E-state index is -1.08. The van der Waals surface area contributed by atoms with Crippen molar-refractivity contribution >= 4 is 46.4 Å². The first-order valence-corrected chi connectivity index (χ1v) is 5.71. The number of rotatable bonds is 4. The zero-order chi connectivity index (χ0) is 10.0. The van der Waals surface area contributed by atoms with E-state index in [-0.39, 0.29) is 0 Å². The Morgan fingerprint density at radius 3 is 1.67 bits per heavy atom. The average molecular weight is 254 g/mol. The van der Waals surface area contributed by atoms with E-state index in [1.807, 2.05) is 0 Å². The Kier molecular flexibility index (Phi) is 13.3. The van der Waals surface area contributed by atoms with Crippen LogP contribution in [0.3, 0.4) is 0 Å². The van der Waals surface area contributed by atoms with Crippen molar-refractivity contribution in [2.45, 2.75) is 43.3 Å². The maximum absolute atomic E-state index is 5.44. The van der Waals surface area contributed by atoms with Crippen molar-refractivity contribution in [2.24, 2.45) is 0 Å². The molecule has 0 radical (unpaired) electrons. The quantitative estimate of drug-likeness (QED) is 0.478. The highest BCUT2D eigenvalue weighted by Crippen LogP contribution is 2.23. The van der Waals surface area contributed by atoms with Crippen molar-refractivity contribution in [1.29, 1.82) is 0 Å². The fraction of sp³-hybridized carbons (Fsp3) is 1.00. The number of halogens is 4. The lowest BCUT2D eigenvalue weighted by Gasteiger charge is -1.94. The summed E-state index contributed by atoms with van der Waals surface area (Å²) in [5.41, 5.74) is 0. The molecule has 0 aliphatic rings. The van der Waals surface area contributed by atoms with Crippen LogP contribution in [-0.2, 0) is 0 Å². The van der Waals surface area contributed by atoms with Crippen LogP contribution in [0.4, 0.5) is 0 Å². The first kappa shape index (κ1) is 15.6. The molecule has 0 bridgehead atoms. The standard InChI is InChI=1S/C6H13Cl.C2H3Cl3/c1-2-3-4-5-6-7;1-2(3,4)5/h2-6H2,1H3;1H3. The zero-order valence-corrected chi connectivity index (χ0v) is 10.6. The first-order valence-electron chi connectivity index (χ1n) is 4.04. The second kappa shape index (κ2) is 10.2. The second-order valence-electron chi connectivity index (χ2n) is 2.53. The number of hydrogen-bond acceptors (Lipinski definition) is 0. The molecular weight excluding hydrogens is 238 g/mol. The maximum atomic E-state index is 5.44. The van der Waals surface area contributed by atoms with Gasteiger partial charge in [-0.2, -0.15) is 0 Å². The predicted molar refractivity (Wildman–Crippen MR) is 60.8 cm³/mol. The van der Waals surface area contributed by atoms with E-state index in [0.29, 0.717) is 0 Å². The third-order valence-corrected chi connectivity index (χ3v) is 1.25. The van der Waals surface area contributed by atoms with Crippen LogP contribution in [0.15, 0.2) is 0 Å². The molecule has 0 spiro atoms. The van der Waals surface area contributed by atoms with Gasteiger partial charge in [0.25, 0.3) is 0 Å². The van der Waals surface area contributed by atoms with Crippen molar-refractivity contribution in [3.63, 3.8) is 0 Å². The number of alkyl halides is 4. The van der Waals surface area contributed by atoms with Crippen LogP contribution in [0.5, 0.6) is 0 Å². The summed E-state index contributed by atoms with van der Waals surface area (Å²) in [5.74, 6) is 0.833. The lowest BCUT2D eigenvalue weighted by atomic mass is 10.2. The molecule has 0 fully saturated rings. The summed E-state index contributed by atoms with van der Waals surface area (Å²) in [6, 6.07) is 0. The smallest absolute Gasteiger partial charge is 0.127 e. The minimum Gasteiger partial charge on any atom is -0.127 e. The Hall–Kier alpha value is 1.16. The molecule has 0 aromatic carbocycles. The van der Waals surface area contributed by atoms with Crippen molar-refractivity contribution in [3.8, 4) is 0 Å². The third kappa shape index (κ3) is 43.3. The Morgan fingerprint density at radius 1 is 1.00 bits per heavy atom. The van der Waals surface area contributed by atoms with Gasteiger partial charge in [-0.3, -0.25) is 0 Å². The molecule has 0 aromatic rings. The molecule has 0 nitrogen and oxygen atoms in total. The molecule has 0 heterocycles. The van der Waals surface area contributed by atoms with Crippen molar-refractivity contribution in [2.75, 3.05) is 5.88 Å². The van der Waals surface area contributed by atoms with Gasteiger partial charge in [-0.25, -0.2) is 0 Å². The Bertz CT molecular complexity index is 67.6. The summed E-state index contributed by atoms with van der Waals surface area (Å²) in [6.07, 6.45) is 5.14. The van der Waals surface area contributed by atoms with Gasteiger partial charge in [0.05, 0.1) is 0 Å². The zero-order valence-electron chi connectivity index (χ0n) is 7.55. The topological polar surface area (TPSA) is 0 Å². The summed E-state index contributed by atoms with van der Waals surface area (Å²) in [7, 11) is 0. The van der Waals surface area contributed by atoms with E-state index in [1.54, 1.807) is 0 Å². The van der Waals surface area contributed by atoms with Crippen LogP contribution < -0.4 is 0 Å². The van der Waals surface area contributed by atoms with Gasteiger partial charge < -0.3 is 0 Å². The molecule has 0 aliphatic carbocycles. The van der Waals surface area contributed by atoms with E-state index in [1.165, 1.54) is 32.6 Å². The van der Waals surface area contributed by atoms with E-state index in [2.05, 4.69) is 6.92 Å².